The second-order valence-electron chi connectivity index (χ2n) is 4.54. The van der Waals surface area contributed by atoms with E-state index in [1.807, 2.05) is 6.92 Å². The van der Waals surface area contributed by atoms with E-state index in [0.29, 0.717) is 5.56 Å². The average Bonchev–Trinajstić information content (AvgIpc) is 2.16. The quantitative estimate of drug-likeness (QED) is 0.809. The fourth-order valence-electron chi connectivity index (χ4n) is 1.16. The van der Waals surface area contributed by atoms with Gasteiger partial charge in [0, 0.05) is 17.5 Å². The summed E-state index contributed by atoms with van der Waals surface area (Å²) in [7, 11) is 0. The number of aryl methyl sites for hydroxylation is 1. The summed E-state index contributed by atoms with van der Waals surface area (Å²) in [4.78, 5) is 15.9. The molecule has 0 radical (unpaired) electrons. The van der Waals surface area contributed by atoms with Gasteiger partial charge in [-0.3, -0.25) is 9.78 Å². The minimum atomic E-state index is -0.645. The van der Waals surface area contributed by atoms with Gasteiger partial charge in [0.1, 0.15) is 0 Å². The van der Waals surface area contributed by atoms with Crippen LogP contribution in [0.1, 0.15) is 36.8 Å². The van der Waals surface area contributed by atoms with Crippen molar-refractivity contribution in [3.05, 3.63) is 29.6 Å². The minimum absolute atomic E-state index is 0.198. The molecule has 1 aromatic rings. The molecule has 1 unspecified atom stereocenters. The van der Waals surface area contributed by atoms with Crippen molar-refractivity contribution in [2.75, 3.05) is 0 Å². The molecule has 4 nitrogen and oxygen atoms in total. The second kappa shape index (κ2) is 4.61. The lowest BCUT2D eigenvalue weighted by Crippen LogP contribution is -2.51. The number of pyridine rings is 1. The SMILES string of the molecule is Cc1cc(C(=O)NC(C)(C)C(C)O)ccn1. The van der Waals surface area contributed by atoms with Crippen molar-refractivity contribution in [3.63, 3.8) is 0 Å². The van der Waals surface area contributed by atoms with Crippen LogP contribution in [0.4, 0.5) is 0 Å². The highest BCUT2D eigenvalue weighted by Crippen LogP contribution is 2.10. The van der Waals surface area contributed by atoms with Gasteiger partial charge in [-0.2, -0.15) is 0 Å². The Hall–Kier alpha value is -1.42. The molecule has 88 valence electrons. The molecule has 0 saturated carbocycles. The van der Waals surface area contributed by atoms with Gasteiger partial charge in [-0.15, -0.1) is 0 Å². The summed E-state index contributed by atoms with van der Waals surface area (Å²) in [5, 5.41) is 12.3. The van der Waals surface area contributed by atoms with E-state index in [-0.39, 0.29) is 5.91 Å². The van der Waals surface area contributed by atoms with Crippen molar-refractivity contribution in [1.29, 1.82) is 0 Å². The number of carbonyl (C=O) groups is 1. The summed E-state index contributed by atoms with van der Waals surface area (Å²) in [5.41, 5.74) is 0.706. The number of hydrogen-bond donors (Lipinski definition) is 2. The number of amides is 1. The fourth-order valence-corrected chi connectivity index (χ4v) is 1.16. The first kappa shape index (κ1) is 12.6. The van der Waals surface area contributed by atoms with Crippen LogP contribution in [0.5, 0.6) is 0 Å². The van der Waals surface area contributed by atoms with E-state index in [9.17, 15) is 9.90 Å². The van der Waals surface area contributed by atoms with Gasteiger partial charge < -0.3 is 10.4 Å². The average molecular weight is 222 g/mol. The lowest BCUT2D eigenvalue weighted by atomic mass is 9.98. The first-order valence-corrected chi connectivity index (χ1v) is 5.26. The first-order chi connectivity index (χ1) is 7.33. The molecule has 0 saturated heterocycles. The molecule has 1 atom stereocenters. The molecule has 0 bridgehead atoms. The molecule has 0 spiro atoms. The topological polar surface area (TPSA) is 62.2 Å². The van der Waals surface area contributed by atoms with Crippen molar-refractivity contribution in [2.45, 2.75) is 39.3 Å². The lowest BCUT2D eigenvalue weighted by Gasteiger charge is -2.29. The largest absolute Gasteiger partial charge is 0.391 e. The molecular formula is C12H18N2O2. The number of aromatic nitrogens is 1. The van der Waals surface area contributed by atoms with Crippen molar-refractivity contribution < 1.29 is 9.90 Å². The van der Waals surface area contributed by atoms with Gasteiger partial charge in [0.2, 0.25) is 0 Å². The lowest BCUT2D eigenvalue weighted by molar-refractivity contribution is 0.0709. The molecule has 1 heterocycles. The van der Waals surface area contributed by atoms with Gasteiger partial charge >= 0.3 is 0 Å². The third kappa shape index (κ3) is 3.03. The molecule has 0 aliphatic rings. The first-order valence-electron chi connectivity index (χ1n) is 5.26. The van der Waals surface area contributed by atoms with Gasteiger partial charge in [0.25, 0.3) is 5.91 Å². The summed E-state index contributed by atoms with van der Waals surface area (Å²) in [6.45, 7) is 7.04. The van der Waals surface area contributed by atoms with E-state index in [1.165, 1.54) is 0 Å². The number of nitrogens with one attached hydrogen (secondary N) is 1. The minimum Gasteiger partial charge on any atom is -0.391 e. The molecule has 0 aliphatic heterocycles. The Bertz CT molecular complexity index is 386. The summed E-state index contributed by atoms with van der Waals surface area (Å²) in [5.74, 6) is -0.198. The van der Waals surface area contributed by atoms with Crippen molar-refractivity contribution >= 4 is 5.91 Å². The van der Waals surface area contributed by atoms with E-state index in [0.717, 1.165) is 5.69 Å². The molecular weight excluding hydrogens is 204 g/mol. The standard InChI is InChI=1S/C12H18N2O2/c1-8-7-10(5-6-13-8)11(16)14-12(3,4)9(2)15/h5-7,9,15H,1-4H3,(H,14,16). The zero-order valence-corrected chi connectivity index (χ0v) is 10.1. The van der Waals surface area contributed by atoms with Crippen LogP contribution in [-0.4, -0.2) is 27.6 Å². The van der Waals surface area contributed by atoms with Crippen LogP contribution in [0.25, 0.3) is 0 Å². The second-order valence-corrected chi connectivity index (χ2v) is 4.54. The van der Waals surface area contributed by atoms with Crippen molar-refractivity contribution in [1.82, 2.24) is 10.3 Å². The maximum atomic E-state index is 11.9. The van der Waals surface area contributed by atoms with Crippen LogP contribution in [0.2, 0.25) is 0 Å². The highest BCUT2D eigenvalue weighted by Gasteiger charge is 2.26. The molecule has 4 heteroatoms. The van der Waals surface area contributed by atoms with Crippen LogP contribution < -0.4 is 5.32 Å². The molecule has 0 aromatic carbocycles. The highest BCUT2D eigenvalue weighted by atomic mass is 16.3. The monoisotopic (exact) mass is 222 g/mol. The zero-order chi connectivity index (χ0) is 12.3. The third-order valence-corrected chi connectivity index (χ3v) is 2.64. The molecule has 0 aliphatic carbocycles. The van der Waals surface area contributed by atoms with Crippen LogP contribution >= 0.6 is 0 Å². The van der Waals surface area contributed by atoms with Crippen molar-refractivity contribution in [3.8, 4) is 0 Å². The molecule has 1 rings (SSSR count). The summed E-state index contributed by atoms with van der Waals surface area (Å²) in [6.07, 6.45) is 0.985. The van der Waals surface area contributed by atoms with Crippen LogP contribution in [0.3, 0.4) is 0 Å². The smallest absolute Gasteiger partial charge is 0.251 e. The zero-order valence-electron chi connectivity index (χ0n) is 10.1. The summed E-state index contributed by atoms with van der Waals surface area (Å²) in [6, 6.07) is 3.37. The van der Waals surface area contributed by atoms with Crippen LogP contribution in [-0.2, 0) is 0 Å². The van der Waals surface area contributed by atoms with Crippen molar-refractivity contribution in [2.24, 2.45) is 0 Å². The van der Waals surface area contributed by atoms with Gasteiger partial charge in [-0.25, -0.2) is 0 Å². The molecule has 16 heavy (non-hydrogen) atoms. The number of rotatable bonds is 3. The Morgan fingerprint density at radius 1 is 1.56 bits per heavy atom. The number of aliphatic hydroxyl groups excluding tert-OH is 1. The van der Waals surface area contributed by atoms with Crippen LogP contribution in [0.15, 0.2) is 18.3 Å². The normalized spacial score (nSPS) is 13.3. The Morgan fingerprint density at radius 2 is 2.19 bits per heavy atom. The van der Waals surface area contributed by atoms with Gasteiger partial charge in [0.05, 0.1) is 11.6 Å². The Labute approximate surface area is 95.7 Å². The van der Waals surface area contributed by atoms with E-state index in [4.69, 9.17) is 0 Å². The Balaban J connectivity index is 2.81. The number of hydrogen-bond acceptors (Lipinski definition) is 3. The summed E-state index contributed by atoms with van der Waals surface area (Å²) >= 11 is 0. The number of aliphatic hydroxyl groups is 1. The van der Waals surface area contributed by atoms with Gasteiger partial charge in [0.15, 0.2) is 0 Å². The highest BCUT2D eigenvalue weighted by molar-refractivity contribution is 5.94. The number of carbonyl (C=O) groups excluding carboxylic acids is 1. The van der Waals surface area contributed by atoms with Gasteiger partial charge in [-0.1, -0.05) is 0 Å². The van der Waals surface area contributed by atoms with E-state index < -0.39 is 11.6 Å². The molecule has 1 amide bonds. The maximum absolute atomic E-state index is 11.9. The predicted molar refractivity (Wildman–Crippen MR) is 62.2 cm³/mol. The number of nitrogens with zero attached hydrogens (tertiary/aromatic N) is 1. The Morgan fingerprint density at radius 3 is 2.69 bits per heavy atom. The van der Waals surface area contributed by atoms with E-state index in [2.05, 4.69) is 10.3 Å². The summed E-state index contributed by atoms with van der Waals surface area (Å²) < 4.78 is 0. The van der Waals surface area contributed by atoms with E-state index >= 15 is 0 Å². The predicted octanol–water partition coefficient (Wildman–Crippen LogP) is 1.28. The Kier molecular flexibility index (Phi) is 3.65. The fraction of sp³-hybridized carbons (Fsp3) is 0.500. The third-order valence-electron chi connectivity index (χ3n) is 2.64. The van der Waals surface area contributed by atoms with E-state index in [1.54, 1.807) is 39.1 Å². The molecule has 2 N–H and O–H groups in total. The van der Waals surface area contributed by atoms with Crippen LogP contribution in [0, 0.1) is 6.92 Å². The molecule has 0 fully saturated rings. The maximum Gasteiger partial charge on any atom is 0.251 e. The van der Waals surface area contributed by atoms with Gasteiger partial charge in [-0.05, 0) is 39.8 Å². The molecule has 1 aromatic heterocycles.